The van der Waals surface area contributed by atoms with Gasteiger partial charge in [-0.15, -0.1) is 0 Å². The average Bonchev–Trinajstić information content (AvgIpc) is 3.83. The molecule has 0 saturated heterocycles. The van der Waals surface area contributed by atoms with E-state index in [1.807, 2.05) is 101 Å². The van der Waals surface area contributed by atoms with Gasteiger partial charge in [-0.05, 0) is 103 Å². The molecule has 6 heterocycles. The molecule has 0 saturated carbocycles. The number of anilines is 2. The number of pyridine rings is 2. The Morgan fingerprint density at radius 1 is 0.597 bits per heavy atom. The third kappa shape index (κ3) is 9.55. The van der Waals surface area contributed by atoms with E-state index in [9.17, 15) is 0 Å². The maximum atomic E-state index is 9.14. The number of halogens is 2. The fourth-order valence-corrected chi connectivity index (χ4v) is 8.62. The van der Waals surface area contributed by atoms with Crippen LogP contribution in [-0.4, -0.2) is 50.9 Å². The fourth-order valence-electron chi connectivity index (χ4n) is 8.19. The Morgan fingerprint density at radius 2 is 0.970 bits per heavy atom. The number of imidazole rings is 2. The number of hydrogen-bond acceptors (Lipinski definition) is 12. The highest BCUT2D eigenvalue weighted by Gasteiger charge is 2.28. The minimum Gasteiger partial charge on any atom is -0.490 e. The minimum atomic E-state index is -0.162. The van der Waals surface area contributed by atoms with E-state index in [-0.39, 0.29) is 31.5 Å². The molecule has 0 spiro atoms. The molecule has 14 nitrogen and oxygen atoms in total. The topological polar surface area (TPSA) is 204 Å². The van der Waals surface area contributed by atoms with Crippen LogP contribution in [0.2, 0.25) is 10.0 Å². The summed E-state index contributed by atoms with van der Waals surface area (Å²) in [7, 11) is 0. The summed E-state index contributed by atoms with van der Waals surface area (Å²) in [6.45, 7) is 19.8. The lowest BCUT2D eigenvalue weighted by atomic mass is 9.91. The van der Waals surface area contributed by atoms with E-state index < -0.39 is 0 Å². The van der Waals surface area contributed by atoms with Crippen molar-refractivity contribution in [1.29, 1.82) is 10.5 Å². The quantitative estimate of drug-likeness (QED) is 0.131. The second kappa shape index (κ2) is 20.1. The van der Waals surface area contributed by atoms with Crippen LogP contribution in [0.5, 0.6) is 11.5 Å². The molecule has 0 fully saturated rings. The van der Waals surface area contributed by atoms with E-state index in [0.29, 0.717) is 33.1 Å². The van der Waals surface area contributed by atoms with Crippen molar-refractivity contribution in [2.45, 2.75) is 101 Å². The molecule has 0 bridgehead atoms. The molecule has 0 unspecified atom stereocenters. The zero-order valence-electron chi connectivity index (χ0n) is 38.4. The van der Waals surface area contributed by atoms with Crippen molar-refractivity contribution >= 4 is 45.9 Å². The summed E-state index contributed by atoms with van der Waals surface area (Å²) in [5.41, 5.74) is 23.1. The van der Waals surface area contributed by atoms with Crippen LogP contribution in [0.15, 0.2) is 73.6 Å². The monoisotopic (exact) mass is 936 g/mol. The molecule has 16 heteroatoms. The number of fused-ring (bicyclic) bond motifs is 2. The van der Waals surface area contributed by atoms with Crippen LogP contribution in [0, 0.1) is 50.4 Å². The lowest BCUT2D eigenvalue weighted by Crippen LogP contribution is -2.12. The number of hydrogen-bond donors (Lipinski definition) is 2. The van der Waals surface area contributed by atoms with Crippen LogP contribution in [0.4, 0.5) is 11.6 Å². The summed E-state index contributed by atoms with van der Waals surface area (Å²) in [5.74, 6) is 3.62. The Morgan fingerprint density at radius 3 is 1.28 bits per heavy atom. The Kier molecular flexibility index (Phi) is 14.7. The molecule has 2 atom stereocenters. The summed E-state index contributed by atoms with van der Waals surface area (Å²) in [4.78, 5) is 26.6. The summed E-state index contributed by atoms with van der Waals surface area (Å²) in [5, 5.41) is 19.5. The molecular formula is C51H54Cl2N12O2. The molecule has 0 aliphatic heterocycles. The van der Waals surface area contributed by atoms with Crippen LogP contribution in [0.1, 0.15) is 117 Å². The standard InChI is InChI=1S/2C25H25ClN6O.CH4/c2*1-13(2)33-23-19(14(3)25-31-16(5)22-24(28)29-8-9-32(22)25)10-20(26)15(4)21(23)17-6-7-18(11-27)30-12-17;/h2*6-10,12-14H,1-5H3,(H2,28,29);1H4/t2*14-;/m10./s1. The highest BCUT2D eigenvalue weighted by Crippen LogP contribution is 2.46. The third-order valence-electron chi connectivity index (χ3n) is 11.3. The van der Waals surface area contributed by atoms with Gasteiger partial charge in [-0.2, -0.15) is 10.5 Å². The Labute approximate surface area is 401 Å². The van der Waals surface area contributed by atoms with Gasteiger partial charge < -0.3 is 20.9 Å². The average molecular weight is 938 g/mol. The number of ether oxygens (including phenoxy) is 2. The molecule has 0 aliphatic carbocycles. The zero-order valence-corrected chi connectivity index (χ0v) is 39.9. The van der Waals surface area contributed by atoms with Gasteiger partial charge in [0, 0.05) is 92.4 Å². The molecule has 2 aromatic carbocycles. The Balaban J connectivity index is 0.000000218. The van der Waals surface area contributed by atoms with Gasteiger partial charge in [-0.1, -0.05) is 44.5 Å². The number of benzene rings is 2. The highest BCUT2D eigenvalue weighted by molar-refractivity contribution is 6.32. The lowest BCUT2D eigenvalue weighted by molar-refractivity contribution is 0.240. The van der Waals surface area contributed by atoms with Crippen LogP contribution < -0.4 is 20.9 Å². The number of aryl methyl sites for hydroxylation is 2. The number of rotatable bonds is 10. The second-order valence-electron chi connectivity index (χ2n) is 16.6. The molecule has 8 rings (SSSR count). The second-order valence-corrected chi connectivity index (χ2v) is 17.4. The predicted molar refractivity (Wildman–Crippen MR) is 266 cm³/mol. The minimum absolute atomic E-state index is 0. The molecule has 344 valence electrons. The van der Waals surface area contributed by atoms with Crippen LogP contribution in [-0.2, 0) is 0 Å². The normalized spacial score (nSPS) is 12.0. The summed E-state index contributed by atoms with van der Waals surface area (Å²) in [6.07, 6.45) is 10.3. The van der Waals surface area contributed by atoms with Crippen molar-refractivity contribution in [2.75, 3.05) is 11.5 Å². The Hall–Kier alpha value is -7.26. The molecule has 8 aromatic rings. The third-order valence-corrected chi connectivity index (χ3v) is 12.1. The van der Waals surface area contributed by atoms with Gasteiger partial charge in [0.2, 0.25) is 0 Å². The van der Waals surface area contributed by atoms with Gasteiger partial charge in [0.1, 0.15) is 69.3 Å². The predicted octanol–water partition coefficient (Wildman–Crippen LogP) is 11.5. The van der Waals surface area contributed by atoms with Crippen molar-refractivity contribution in [3.63, 3.8) is 0 Å². The van der Waals surface area contributed by atoms with E-state index in [1.54, 1.807) is 36.9 Å². The van der Waals surface area contributed by atoms with Gasteiger partial charge in [0.15, 0.2) is 0 Å². The van der Waals surface area contributed by atoms with Crippen LogP contribution in [0.25, 0.3) is 33.3 Å². The summed E-state index contributed by atoms with van der Waals surface area (Å²) < 4.78 is 16.7. The number of nitriles is 2. The fraction of sp³-hybridized carbons (Fsp3) is 0.294. The van der Waals surface area contributed by atoms with Gasteiger partial charge in [0.25, 0.3) is 0 Å². The number of aromatic nitrogens is 8. The molecule has 6 aromatic heterocycles. The molecule has 67 heavy (non-hydrogen) atoms. The van der Waals surface area contributed by atoms with Crippen molar-refractivity contribution in [3.8, 4) is 45.9 Å². The van der Waals surface area contributed by atoms with E-state index in [0.717, 1.165) is 90.1 Å². The van der Waals surface area contributed by atoms with E-state index in [1.165, 1.54) is 0 Å². The van der Waals surface area contributed by atoms with Crippen LogP contribution >= 0.6 is 23.2 Å². The number of nitrogens with two attached hydrogens (primary N) is 2. The van der Waals surface area contributed by atoms with Crippen molar-refractivity contribution in [1.82, 2.24) is 38.7 Å². The lowest BCUT2D eigenvalue weighted by Gasteiger charge is -2.24. The number of nitrogen functional groups attached to an aromatic ring is 2. The molecule has 4 N–H and O–H groups in total. The summed E-state index contributed by atoms with van der Waals surface area (Å²) >= 11 is 13.5. The van der Waals surface area contributed by atoms with Crippen molar-refractivity contribution in [2.24, 2.45) is 0 Å². The molecular weight excluding hydrogens is 884 g/mol. The van der Waals surface area contributed by atoms with Gasteiger partial charge in [-0.25, -0.2) is 29.9 Å². The van der Waals surface area contributed by atoms with Crippen LogP contribution in [0.3, 0.4) is 0 Å². The Bertz CT molecular complexity index is 2990. The highest BCUT2D eigenvalue weighted by atomic mass is 35.5. The SMILES string of the molecule is C.Cc1c(Cl)cc([C@@H](C)c2nc(C)c3c(N)nccn23)c(OC(C)C)c1-c1ccc(C#N)nc1.Cc1c(Cl)cc([C@H](C)c2nc(C)c3c(N)nccn23)c(OC(C)C)c1-c1ccc(C#N)nc1. The van der Waals surface area contributed by atoms with Crippen molar-refractivity contribution < 1.29 is 9.47 Å². The van der Waals surface area contributed by atoms with Crippen molar-refractivity contribution in [3.05, 3.63) is 140 Å². The van der Waals surface area contributed by atoms with E-state index >= 15 is 0 Å². The van der Waals surface area contributed by atoms with E-state index in [4.69, 9.17) is 64.6 Å². The maximum Gasteiger partial charge on any atom is 0.149 e. The van der Waals surface area contributed by atoms with Gasteiger partial charge >= 0.3 is 0 Å². The van der Waals surface area contributed by atoms with Gasteiger partial charge in [0.05, 0.1) is 23.6 Å². The molecule has 0 radical (unpaired) electrons. The number of nitrogens with zero attached hydrogens (tertiary/aromatic N) is 10. The largest absolute Gasteiger partial charge is 0.490 e. The molecule has 0 amide bonds. The summed E-state index contributed by atoms with van der Waals surface area (Å²) in [6, 6.07) is 15.1. The zero-order chi connectivity index (χ0) is 47.7. The first kappa shape index (κ1) is 49.2. The first-order valence-electron chi connectivity index (χ1n) is 21.4. The van der Waals surface area contributed by atoms with E-state index in [2.05, 4.69) is 45.9 Å². The first-order chi connectivity index (χ1) is 31.4. The van der Waals surface area contributed by atoms with Gasteiger partial charge in [-0.3, -0.25) is 8.80 Å². The molecule has 0 aliphatic rings. The maximum absolute atomic E-state index is 9.14. The first-order valence-corrected chi connectivity index (χ1v) is 22.1. The smallest absolute Gasteiger partial charge is 0.149 e.